The average molecular weight is 591 g/mol. The van der Waals surface area contributed by atoms with Crippen LogP contribution in [0.4, 0.5) is 4.39 Å². The molecule has 2 N–H and O–H groups in total. The van der Waals surface area contributed by atoms with Crippen LogP contribution in [0.3, 0.4) is 0 Å². The molecule has 4 rings (SSSR count). The van der Waals surface area contributed by atoms with Gasteiger partial charge in [-0.3, -0.25) is 14.4 Å². The molecule has 1 aromatic heterocycles. The van der Waals surface area contributed by atoms with Crippen LogP contribution in [0.2, 0.25) is 0 Å². The predicted octanol–water partition coefficient (Wildman–Crippen LogP) is 5.82. The highest BCUT2D eigenvalue weighted by Crippen LogP contribution is 2.40. The Balaban J connectivity index is 0.00000141. The molecule has 1 saturated carbocycles. The topological polar surface area (TPSA) is 101 Å². The largest absolute Gasteiger partial charge is 0.496 e. The highest BCUT2D eigenvalue weighted by molar-refractivity contribution is 7.13. The maximum absolute atomic E-state index is 14.3. The summed E-state index contributed by atoms with van der Waals surface area (Å²) in [6.45, 7) is 16.1. The van der Waals surface area contributed by atoms with Gasteiger partial charge < -0.3 is 20.3 Å². The number of aryl methyl sites for hydroxylation is 1. The highest BCUT2D eigenvalue weighted by atomic mass is 32.1. The molecule has 41 heavy (non-hydrogen) atoms. The lowest BCUT2D eigenvalue weighted by atomic mass is 9.85. The van der Waals surface area contributed by atoms with Gasteiger partial charge in [-0.25, -0.2) is 9.37 Å². The number of likely N-dealkylation sites (tertiary alicyclic amines) is 1. The summed E-state index contributed by atoms with van der Waals surface area (Å²) in [4.78, 5) is 46.0. The number of carbonyl (C=O) groups is 3. The van der Waals surface area contributed by atoms with E-state index >= 15 is 0 Å². The van der Waals surface area contributed by atoms with Gasteiger partial charge in [0.15, 0.2) is 5.67 Å². The molecule has 2 aromatic rings. The van der Waals surface area contributed by atoms with E-state index in [4.69, 9.17) is 4.74 Å². The van der Waals surface area contributed by atoms with E-state index in [9.17, 15) is 18.8 Å². The van der Waals surface area contributed by atoms with E-state index in [1.165, 1.54) is 4.90 Å². The van der Waals surface area contributed by atoms with Gasteiger partial charge in [0.1, 0.15) is 17.8 Å². The SMILES string of the molecule is CC.CC.COc1cc(-c2scnc2C)ccc1CNC(=O)C1CCCN1C(=O)C(NC(=O)C1(F)CC1)C(C)(C)C. The fourth-order valence-electron chi connectivity index (χ4n) is 4.63. The Hall–Kier alpha value is -3.01. The number of carbonyl (C=O) groups excluding carboxylic acids is 3. The van der Waals surface area contributed by atoms with Crippen molar-refractivity contribution < 1.29 is 23.5 Å². The van der Waals surface area contributed by atoms with Gasteiger partial charge in [0.05, 0.1) is 23.2 Å². The van der Waals surface area contributed by atoms with E-state index in [2.05, 4.69) is 15.6 Å². The van der Waals surface area contributed by atoms with Crippen LogP contribution in [0.25, 0.3) is 10.4 Å². The Morgan fingerprint density at radius 2 is 1.85 bits per heavy atom. The maximum Gasteiger partial charge on any atom is 0.258 e. The molecule has 2 aliphatic rings. The second-order valence-corrected chi connectivity index (χ2v) is 11.8. The molecule has 2 fully saturated rings. The zero-order valence-corrected chi connectivity index (χ0v) is 26.8. The number of nitrogens with zero attached hydrogens (tertiary/aromatic N) is 2. The number of halogens is 1. The molecule has 0 radical (unpaired) electrons. The predicted molar refractivity (Wildman–Crippen MR) is 163 cm³/mol. The standard InChI is InChI=1S/C27H35FN4O4S.2C2H6/c1-16-21(37-15-30-16)17-8-9-18(20(13-17)36-5)14-29-23(33)19-7-6-12-32(19)24(34)22(26(2,3)4)31-25(35)27(28)10-11-27;2*1-2/h8-9,13,15,19,22H,6-7,10-12,14H2,1-5H3,(H,29,33)(H,31,35);2*1-2H3. The lowest BCUT2D eigenvalue weighted by molar-refractivity contribution is -0.144. The molecule has 1 saturated heterocycles. The van der Waals surface area contributed by atoms with E-state index < -0.39 is 29.1 Å². The lowest BCUT2D eigenvalue weighted by Crippen LogP contribution is -2.58. The molecule has 0 bridgehead atoms. The number of nitrogens with one attached hydrogen (secondary N) is 2. The summed E-state index contributed by atoms with van der Waals surface area (Å²) >= 11 is 1.56. The van der Waals surface area contributed by atoms with Crippen LogP contribution in [0.5, 0.6) is 5.75 Å². The number of rotatable bonds is 8. The third-order valence-corrected chi connectivity index (χ3v) is 8.05. The molecule has 8 nitrogen and oxygen atoms in total. The number of amides is 3. The number of methoxy groups -OCH3 is 1. The van der Waals surface area contributed by atoms with Crippen LogP contribution in [0, 0.1) is 12.3 Å². The van der Waals surface area contributed by atoms with Crippen LogP contribution >= 0.6 is 11.3 Å². The van der Waals surface area contributed by atoms with E-state index in [1.807, 2.05) is 73.6 Å². The smallest absolute Gasteiger partial charge is 0.258 e. The van der Waals surface area contributed by atoms with Crippen LogP contribution in [0.1, 0.15) is 85.4 Å². The number of ether oxygens (including phenoxy) is 1. The number of hydrogen-bond acceptors (Lipinski definition) is 6. The van der Waals surface area contributed by atoms with Crippen molar-refractivity contribution in [3.8, 4) is 16.2 Å². The summed E-state index contributed by atoms with van der Waals surface area (Å²) in [6, 6.07) is 4.25. The molecular formula is C31H47FN4O4S. The third kappa shape index (κ3) is 8.27. The summed E-state index contributed by atoms with van der Waals surface area (Å²) < 4.78 is 19.9. The van der Waals surface area contributed by atoms with Crippen LogP contribution in [-0.4, -0.2) is 59.0 Å². The first-order chi connectivity index (χ1) is 19.4. The Kier molecular flexibility index (Phi) is 12.3. The number of benzene rings is 1. The van der Waals surface area contributed by atoms with Gasteiger partial charge in [0, 0.05) is 18.7 Å². The van der Waals surface area contributed by atoms with Crippen molar-refractivity contribution >= 4 is 29.1 Å². The fourth-order valence-corrected chi connectivity index (χ4v) is 5.43. The van der Waals surface area contributed by atoms with Crippen molar-refractivity contribution in [2.24, 2.45) is 5.41 Å². The monoisotopic (exact) mass is 590 g/mol. The van der Waals surface area contributed by atoms with Gasteiger partial charge in [0.25, 0.3) is 5.91 Å². The molecule has 228 valence electrons. The second-order valence-electron chi connectivity index (χ2n) is 10.9. The molecular weight excluding hydrogens is 543 g/mol. The van der Waals surface area contributed by atoms with Crippen molar-refractivity contribution in [1.82, 2.24) is 20.5 Å². The minimum atomic E-state index is -1.88. The Bertz CT molecular complexity index is 1190. The third-order valence-electron chi connectivity index (χ3n) is 7.07. The molecule has 0 spiro atoms. The van der Waals surface area contributed by atoms with Gasteiger partial charge >= 0.3 is 0 Å². The fraction of sp³-hybridized carbons (Fsp3) is 0.613. The van der Waals surface area contributed by atoms with Crippen molar-refractivity contribution in [2.75, 3.05) is 13.7 Å². The summed E-state index contributed by atoms with van der Waals surface area (Å²) in [5, 5.41) is 5.58. The number of aromatic nitrogens is 1. The Morgan fingerprint density at radius 1 is 1.20 bits per heavy atom. The first kappa shape index (κ1) is 34.2. The van der Waals surface area contributed by atoms with Crippen molar-refractivity contribution in [1.29, 1.82) is 0 Å². The molecule has 2 unspecified atom stereocenters. The van der Waals surface area contributed by atoms with Gasteiger partial charge in [-0.05, 0) is 49.7 Å². The van der Waals surface area contributed by atoms with Crippen LogP contribution in [-0.2, 0) is 20.9 Å². The van der Waals surface area contributed by atoms with Crippen molar-refractivity contribution in [2.45, 2.75) is 105 Å². The van der Waals surface area contributed by atoms with Gasteiger partial charge in [-0.15, -0.1) is 11.3 Å². The summed E-state index contributed by atoms with van der Waals surface area (Å²) in [6.07, 6.45) is 1.55. The maximum atomic E-state index is 14.3. The molecule has 1 aliphatic carbocycles. The van der Waals surface area contributed by atoms with Gasteiger partial charge in [-0.1, -0.05) is 60.6 Å². The normalized spacial score (nSPS) is 17.7. The quantitative estimate of drug-likeness (QED) is 0.404. The zero-order valence-electron chi connectivity index (χ0n) is 26.0. The first-order valence-corrected chi connectivity index (χ1v) is 15.5. The van der Waals surface area contributed by atoms with E-state index in [-0.39, 0.29) is 31.2 Å². The number of hydrogen-bond donors (Lipinski definition) is 2. The van der Waals surface area contributed by atoms with Crippen LogP contribution < -0.4 is 15.4 Å². The Labute approximate surface area is 248 Å². The molecule has 1 aliphatic heterocycles. The van der Waals surface area contributed by atoms with E-state index in [0.29, 0.717) is 25.1 Å². The first-order valence-electron chi connectivity index (χ1n) is 14.6. The van der Waals surface area contributed by atoms with Crippen LogP contribution in [0.15, 0.2) is 23.7 Å². The molecule has 3 amide bonds. The summed E-state index contributed by atoms with van der Waals surface area (Å²) in [5.74, 6) is -0.714. The molecule has 2 heterocycles. The molecule has 10 heteroatoms. The number of alkyl halides is 1. The highest BCUT2D eigenvalue weighted by Gasteiger charge is 2.53. The average Bonchev–Trinajstić information content (AvgIpc) is 3.33. The number of thiazole rings is 1. The minimum absolute atomic E-state index is 0.174. The van der Waals surface area contributed by atoms with Crippen molar-refractivity contribution in [3.05, 3.63) is 35.0 Å². The minimum Gasteiger partial charge on any atom is -0.496 e. The van der Waals surface area contributed by atoms with Gasteiger partial charge in [0.2, 0.25) is 11.8 Å². The molecule has 1 aromatic carbocycles. The lowest BCUT2D eigenvalue weighted by Gasteiger charge is -2.35. The Morgan fingerprint density at radius 3 is 2.39 bits per heavy atom. The summed E-state index contributed by atoms with van der Waals surface area (Å²) in [7, 11) is 1.59. The van der Waals surface area contributed by atoms with Gasteiger partial charge in [-0.2, -0.15) is 0 Å². The second kappa shape index (κ2) is 14.8. The van der Waals surface area contributed by atoms with E-state index in [0.717, 1.165) is 21.7 Å². The zero-order chi connectivity index (χ0) is 31.0. The van der Waals surface area contributed by atoms with E-state index in [1.54, 1.807) is 24.0 Å². The summed E-state index contributed by atoms with van der Waals surface area (Å²) in [5.41, 5.74) is 2.04. The van der Waals surface area contributed by atoms with Crippen molar-refractivity contribution in [3.63, 3.8) is 0 Å². The molecule has 2 atom stereocenters.